The van der Waals surface area contributed by atoms with E-state index in [1.54, 1.807) is 0 Å². The molecule has 66 valence electrons. The van der Waals surface area contributed by atoms with Gasteiger partial charge in [0.25, 0.3) is 10.2 Å². The van der Waals surface area contributed by atoms with Crippen LogP contribution in [0.5, 0.6) is 0 Å². The van der Waals surface area contributed by atoms with Gasteiger partial charge in [0.1, 0.15) is 0 Å². The summed E-state index contributed by atoms with van der Waals surface area (Å²) in [6.07, 6.45) is 1.90. The number of rotatable bonds is 5. The summed E-state index contributed by atoms with van der Waals surface area (Å²) in [5.74, 6) is 0. The standard InChI is InChI=1S/C5H13N3O2S/c6-3-4-7-11(9,10)8-5-1-2-5/h5,7-8H,1-4,6H2. The lowest BCUT2D eigenvalue weighted by Crippen LogP contribution is -2.39. The van der Waals surface area contributed by atoms with Crippen molar-refractivity contribution in [3.63, 3.8) is 0 Å². The van der Waals surface area contributed by atoms with E-state index in [-0.39, 0.29) is 6.04 Å². The zero-order valence-corrected chi connectivity index (χ0v) is 7.02. The van der Waals surface area contributed by atoms with Crippen LogP contribution in [0.2, 0.25) is 0 Å². The average molecular weight is 179 g/mol. The Kier molecular flexibility index (Phi) is 2.83. The second-order valence-electron chi connectivity index (χ2n) is 2.58. The maximum absolute atomic E-state index is 11.0. The Morgan fingerprint density at radius 1 is 1.45 bits per heavy atom. The van der Waals surface area contributed by atoms with Gasteiger partial charge in [-0.15, -0.1) is 0 Å². The predicted molar refractivity (Wildman–Crippen MR) is 42.1 cm³/mol. The first-order valence-corrected chi connectivity index (χ1v) is 5.09. The predicted octanol–water partition coefficient (Wildman–Crippen LogP) is -1.47. The Balaban J connectivity index is 2.26. The molecular formula is C5H13N3O2S. The van der Waals surface area contributed by atoms with Crippen molar-refractivity contribution < 1.29 is 8.42 Å². The minimum absolute atomic E-state index is 0.158. The maximum atomic E-state index is 11.0. The van der Waals surface area contributed by atoms with Gasteiger partial charge in [-0.05, 0) is 12.8 Å². The molecule has 0 spiro atoms. The van der Waals surface area contributed by atoms with Crippen LogP contribution in [0.3, 0.4) is 0 Å². The van der Waals surface area contributed by atoms with Gasteiger partial charge in [-0.25, -0.2) is 4.72 Å². The molecule has 1 aliphatic rings. The van der Waals surface area contributed by atoms with Crippen molar-refractivity contribution in [1.82, 2.24) is 9.44 Å². The van der Waals surface area contributed by atoms with Crippen LogP contribution in [0.4, 0.5) is 0 Å². The SMILES string of the molecule is NCCNS(=O)(=O)NC1CC1. The van der Waals surface area contributed by atoms with E-state index in [9.17, 15) is 8.42 Å². The quantitative estimate of drug-likeness (QED) is 0.482. The molecule has 1 saturated carbocycles. The Bertz CT molecular complexity index is 210. The van der Waals surface area contributed by atoms with Crippen molar-refractivity contribution in [2.75, 3.05) is 13.1 Å². The van der Waals surface area contributed by atoms with E-state index in [2.05, 4.69) is 9.44 Å². The minimum atomic E-state index is -3.26. The molecule has 0 aliphatic heterocycles. The Morgan fingerprint density at radius 3 is 2.55 bits per heavy atom. The van der Waals surface area contributed by atoms with Crippen molar-refractivity contribution in [2.24, 2.45) is 5.73 Å². The molecule has 5 nitrogen and oxygen atoms in total. The molecule has 0 unspecified atom stereocenters. The van der Waals surface area contributed by atoms with E-state index in [1.807, 2.05) is 0 Å². The lowest BCUT2D eigenvalue weighted by Gasteiger charge is -2.04. The van der Waals surface area contributed by atoms with Crippen molar-refractivity contribution >= 4 is 10.2 Å². The maximum Gasteiger partial charge on any atom is 0.277 e. The summed E-state index contributed by atoms with van der Waals surface area (Å²) in [5, 5.41) is 0. The molecule has 1 rings (SSSR count). The molecule has 0 aromatic heterocycles. The van der Waals surface area contributed by atoms with Crippen LogP contribution in [0, 0.1) is 0 Å². The van der Waals surface area contributed by atoms with Crippen LogP contribution >= 0.6 is 0 Å². The summed E-state index contributed by atoms with van der Waals surface area (Å²) in [6.45, 7) is 0.619. The average Bonchev–Trinajstić information content (AvgIpc) is 2.67. The van der Waals surface area contributed by atoms with Crippen LogP contribution in [0.25, 0.3) is 0 Å². The summed E-state index contributed by atoms with van der Waals surface area (Å²) in [4.78, 5) is 0. The van der Waals surface area contributed by atoms with Gasteiger partial charge in [0.05, 0.1) is 0 Å². The fraction of sp³-hybridized carbons (Fsp3) is 1.00. The summed E-state index contributed by atoms with van der Waals surface area (Å²) < 4.78 is 26.7. The van der Waals surface area contributed by atoms with E-state index < -0.39 is 10.2 Å². The molecule has 1 fully saturated rings. The highest BCUT2D eigenvalue weighted by Gasteiger charge is 2.26. The highest BCUT2D eigenvalue weighted by atomic mass is 32.2. The molecule has 1 aliphatic carbocycles. The van der Waals surface area contributed by atoms with Gasteiger partial charge in [0.15, 0.2) is 0 Å². The Hall–Kier alpha value is -0.170. The van der Waals surface area contributed by atoms with Crippen LogP contribution in [-0.2, 0) is 10.2 Å². The molecule has 0 heterocycles. The third-order valence-corrected chi connectivity index (χ3v) is 2.56. The van der Waals surface area contributed by atoms with Crippen LogP contribution in [0.1, 0.15) is 12.8 Å². The van der Waals surface area contributed by atoms with Crippen LogP contribution in [-0.4, -0.2) is 27.5 Å². The lowest BCUT2D eigenvalue weighted by atomic mass is 10.7. The van der Waals surface area contributed by atoms with Crippen molar-refractivity contribution in [3.05, 3.63) is 0 Å². The lowest BCUT2D eigenvalue weighted by molar-refractivity contribution is 0.566. The first-order valence-electron chi connectivity index (χ1n) is 3.61. The monoisotopic (exact) mass is 179 g/mol. The highest BCUT2D eigenvalue weighted by molar-refractivity contribution is 7.87. The number of hydrogen-bond donors (Lipinski definition) is 3. The molecular weight excluding hydrogens is 166 g/mol. The van der Waals surface area contributed by atoms with Gasteiger partial charge in [0.2, 0.25) is 0 Å². The fourth-order valence-electron chi connectivity index (χ4n) is 0.656. The summed E-state index contributed by atoms with van der Waals surface area (Å²) in [6, 6.07) is 0.158. The van der Waals surface area contributed by atoms with Gasteiger partial charge in [-0.2, -0.15) is 13.1 Å². The minimum Gasteiger partial charge on any atom is -0.329 e. The summed E-state index contributed by atoms with van der Waals surface area (Å²) >= 11 is 0. The zero-order chi connectivity index (χ0) is 8.32. The van der Waals surface area contributed by atoms with E-state index in [1.165, 1.54) is 0 Å². The first-order chi connectivity index (χ1) is 5.14. The number of hydrogen-bond acceptors (Lipinski definition) is 3. The second kappa shape index (κ2) is 3.48. The van der Waals surface area contributed by atoms with Gasteiger partial charge in [-0.1, -0.05) is 0 Å². The van der Waals surface area contributed by atoms with Crippen LogP contribution in [0.15, 0.2) is 0 Å². The molecule has 0 aromatic rings. The largest absolute Gasteiger partial charge is 0.329 e. The first kappa shape index (κ1) is 8.92. The Morgan fingerprint density at radius 2 is 2.09 bits per heavy atom. The van der Waals surface area contributed by atoms with E-state index in [4.69, 9.17) is 5.73 Å². The van der Waals surface area contributed by atoms with E-state index >= 15 is 0 Å². The third kappa shape index (κ3) is 3.66. The molecule has 0 atom stereocenters. The molecule has 0 amide bonds. The van der Waals surface area contributed by atoms with Crippen molar-refractivity contribution in [1.29, 1.82) is 0 Å². The van der Waals surface area contributed by atoms with E-state index in [0.29, 0.717) is 13.1 Å². The normalized spacial score (nSPS) is 18.6. The second-order valence-corrected chi connectivity index (χ2v) is 4.11. The van der Waals surface area contributed by atoms with Crippen molar-refractivity contribution in [3.8, 4) is 0 Å². The van der Waals surface area contributed by atoms with Crippen LogP contribution < -0.4 is 15.2 Å². The highest BCUT2D eigenvalue weighted by Crippen LogP contribution is 2.19. The number of nitrogens with two attached hydrogens (primary N) is 1. The smallest absolute Gasteiger partial charge is 0.277 e. The molecule has 0 aromatic carbocycles. The topological polar surface area (TPSA) is 84.2 Å². The van der Waals surface area contributed by atoms with Gasteiger partial charge >= 0.3 is 0 Å². The van der Waals surface area contributed by atoms with Gasteiger partial charge in [-0.3, -0.25) is 0 Å². The fourth-order valence-corrected chi connectivity index (χ4v) is 1.80. The molecule has 0 saturated heterocycles. The third-order valence-electron chi connectivity index (χ3n) is 1.34. The van der Waals surface area contributed by atoms with Crippen molar-refractivity contribution in [2.45, 2.75) is 18.9 Å². The number of nitrogens with one attached hydrogen (secondary N) is 2. The zero-order valence-electron chi connectivity index (χ0n) is 6.21. The molecule has 6 heteroatoms. The summed E-state index contributed by atoms with van der Waals surface area (Å²) in [7, 11) is -3.26. The molecule has 4 N–H and O–H groups in total. The molecule has 11 heavy (non-hydrogen) atoms. The van der Waals surface area contributed by atoms with Gasteiger partial charge in [0, 0.05) is 19.1 Å². The Labute approximate surface area is 66.5 Å². The van der Waals surface area contributed by atoms with Gasteiger partial charge < -0.3 is 5.73 Å². The molecule has 0 radical (unpaired) electrons. The molecule has 0 bridgehead atoms. The van der Waals surface area contributed by atoms with E-state index in [0.717, 1.165) is 12.8 Å². The summed E-state index contributed by atoms with van der Waals surface area (Å²) in [5.41, 5.74) is 5.13.